The van der Waals surface area contributed by atoms with Crippen LogP contribution in [0.5, 0.6) is 5.75 Å². The molecule has 2 aromatic rings. The first kappa shape index (κ1) is 17.5. The second kappa shape index (κ2) is 7.12. The van der Waals surface area contributed by atoms with Crippen LogP contribution in [0.4, 0.5) is 15.8 Å². The molecule has 0 aliphatic carbocycles. The highest BCUT2D eigenvalue weighted by Crippen LogP contribution is 2.21. The Bertz CT molecular complexity index is 742. The van der Waals surface area contributed by atoms with E-state index in [0.717, 1.165) is 0 Å². The van der Waals surface area contributed by atoms with Gasteiger partial charge in [-0.15, -0.1) is 0 Å². The molecule has 0 saturated heterocycles. The molecule has 0 spiro atoms. The first-order valence-corrected chi connectivity index (χ1v) is 7.40. The topological polar surface area (TPSA) is 67.4 Å². The standard InChI is InChI=1S/C18H19FN2O3/c1-12(22)20-14-5-4-6-15(11-14)21-17(23)18(2,3)24-16-9-7-13(19)8-10-16/h4-11H,1-3H3,(H,20,22)(H,21,23). The lowest BCUT2D eigenvalue weighted by atomic mass is 10.1. The van der Waals surface area contributed by atoms with Crippen LogP contribution >= 0.6 is 0 Å². The second-order valence-corrected chi connectivity index (χ2v) is 5.78. The number of carbonyl (C=O) groups excluding carboxylic acids is 2. The van der Waals surface area contributed by atoms with Crippen LogP contribution in [0.1, 0.15) is 20.8 Å². The van der Waals surface area contributed by atoms with E-state index in [4.69, 9.17) is 4.74 Å². The summed E-state index contributed by atoms with van der Waals surface area (Å²) in [6, 6.07) is 12.2. The lowest BCUT2D eigenvalue weighted by molar-refractivity contribution is -0.128. The number of halogens is 1. The summed E-state index contributed by atoms with van der Waals surface area (Å²) < 4.78 is 18.6. The molecule has 2 rings (SSSR count). The molecule has 0 bridgehead atoms. The van der Waals surface area contributed by atoms with Crippen molar-refractivity contribution in [3.05, 3.63) is 54.3 Å². The molecular weight excluding hydrogens is 311 g/mol. The zero-order valence-corrected chi connectivity index (χ0v) is 13.7. The van der Waals surface area contributed by atoms with E-state index >= 15 is 0 Å². The zero-order valence-electron chi connectivity index (χ0n) is 13.7. The number of nitrogens with one attached hydrogen (secondary N) is 2. The Kier molecular flexibility index (Phi) is 5.18. The molecule has 0 aliphatic rings. The Labute approximate surface area is 139 Å². The van der Waals surface area contributed by atoms with Crippen LogP contribution in [-0.2, 0) is 9.59 Å². The summed E-state index contributed by atoms with van der Waals surface area (Å²) >= 11 is 0. The van der Waals surface area contributed by atoms with Gasteiger partial charge in [-0.1, -0.05) is 6.07 Å². The van der Waals surface area contributed by atoms with Crippen molar-refractivity contribution < 1.29 is 18.7 Å². The van der Waals surface area contributed by atoms with Gasteiger partial charge in [0.2, 0.25) is 5.91 Å². The van der Waals surface area contributed by atoms with Gasteiger partial charge < -0.3 is 15.4 Å². The molecule has 0 aromatic heterocycles. The number of anilines is 2. The molecule has 2 N–H and O–H groups in total. The first-order chi connectivity index (χ1) is 11.3. The molecule has 2 amide bonds. The molecule has 126 valence electrons. The van der Waals surface area contributed by atoms with Gasteiger partial charge in [-0.25, -0.2) is 4.39 Å². The Morgan fingerprint density at radius 2 is 1.58 bits per heavy atom. The average molecular weight is 330 g/mol. The number of carbonyl (C=O) groups is 2. The van der Waals surface area contributed by atoms with Gasteiger partial charge in [-0.3, -0.25) is 9.59 Å². The highest BCUT2D eigenvalue weighted by atomic mass is 19.1. The maximum atomic E-state index is 12.9. The Balaban J connectivity index is 2.07. The summed E-state index contributed by atoms with van der Waals surface area (Å²) in [5.41, 5.74) is -0.0541. The normalized spacial score (nSPS) is 10.8. The molecule has 0 fully saturated rings. The highest BCUT2D eigenvalue weighted by Gasteiger charge is 2.30. The van der Waals surface area contributed by atoms with E-state index in [0.29, 0.717) is 17.1 Å². The van der Waals surface area contributed by atoms with Crippen LogP contribution in [0.2, 0.25) is 0 Å². The third-order valence-corrected chi connectivity index (χ3v) is 3.17. The molecule has 0 saturated carbocycles. The highest BCUT2D eigenvalue weighted by molar-refractivity contribution is 5.98. The maximum Gasteiger partial charge on any atom is 0.267 e. The van der Waals surface area contributed by atoms with Crippen molar-refractivity contribution in [2.24, 2.45) is 0 Å². The number of amides is 2. The summed E-state index contributed by atoms with van der Waals surface area (Å²) in [6.07, 6.45) is 0. The predicted octanol–water partition coefficient (Wildman–Crippen LogP) is 3.58. The molecule has 0 heterocycles. The van der Waals surface area contributed by atoms with Crippen LogP contribution < -0.4 is 15.4 Å². The van der Waals surface area contributed by atoms with Crippen molar-refractivity contribution in [1.29, 1.82) is 0 Å². The summed E-state index contributed by atoms with van der Waals surface area (Å²) in [5.74, 6) is -0.548. The molecule has 0 radical (unpaired) electrons. The van der Waals surface area contributed by atoms with E-state index in [9.17, 15) is 14.0 Å². The summed E-state index contributed by atoms with van der Waals surface area (Å²) in [4.78, 5) is 23.5. The van der Waals surface area contributed by atoms with Crippen LogP contribution in [0.3, 0.4) is 0 Å². The molecule has 0 aliphatic heterocycles. The third kappa shape index (κ3) is 4.81. The smallest absolute Gasteiger partial charge is 0.267 e. The Morgan fingerprint density at radius 3 is 2.17 bits per heavy atom. The van der Waals surface area contributed by atoms with Gasteiger partial charge in [-0.2, -0.15) is 0 Å². The van der Waals surface area contributed by atoms with Crippen LogP contribution in [0.15, 0.2) is 48.5 Å². The molecule has 24 heavy (non-hydrogen) atoms. The van der Waals surface area contributed by atoms with E-state index in [-0.39, 0.29) is 17.6 Å². The minimum atomic E-state index is -1.16. The van der Waals surface area contributed by atoms with Crippen molar-refractivity contribution in [1.82, 2.24) is 0 Å². The fourth-order valence-corrected chi connectivity index (χ4v) is 2.00. The van der Waals surface area contributed by atoms with Crippen molar-refractivity contribution in [3.63, 3.8) is 0 Å². The summed E-state index contributed by atoms with van der Waals surface area (Å²) in [6.45, 7) is 4.64. The predicted molar refractivity (Wildman–Crippen MR) is 90.5 cm³/mol. The monoisotopic (exact) mass is 330 g/mol. The van der Waals surface area contributed by atoms with E-state index in [1.54, 1.807) is 38.1 Å². The summed E-state index contributed by atoms with van der Waals surface area (Å²) in [7, 11) is 0. The minimum Gasteiger partial charge on any atom is -0.478 e. The van der Waals surface area contributed by atoms with Crippen LogP contribution in [-0.4, -0.2) is 17.4 Å². The largest absolute Gasteiger partial charge is 0.478 e. The van der Waals surface area contributed by atoms with E-state index in [1.165, 1.54) is 31.2 Å². The number of rotatable bonds is 5. The molecular formula is C18H19FN2O3. The van der Waals surface area contributed by atoms with Crippen LogP contribution in [0, 0.1) is 5.82 Å². The van der Waals surface area contributed by atoms with Gasteiger partial charge in [0.1, 0.15) is 11.6 Å². The lowest BCUT2D eigenvalue weighted by Crippen LogP contribution is -2.42. The fourth-order valence-electron chi connectivity index (χ4n) is 2.00. The SMILES string of the molecule is CC(=O)Nc1cccc(NC(=O)C(C)(C)Oc2ccc(F)cc2)c1. The minimum absolute atomic E-state index is 0.196. The number of hydrogen-bond donors (Lipinski definition) is 2. The maximum absolute atomic E-state index is 12.9. The van der Waals surface area contributed by atoms with E-state index < -0.39 is 5.60 Å². The van der Waals surface area contributed by atoms with E-state index in [2.05, 4.69) is 10.6 Å². The van der Waals surface area contributed by atoms with Gasteiger partial charge in [0.15, 0.2) is 5.60 Å². The number of hydrogen-bond acceptors (Lipinski definition) is 3. The van der Waals surface area contributed by atoms with Gasteiger partial charge in [0.25, 0.3) is 5.91 Å². The third-order valence-electron chi connectivity index (χ3n) is 3.17. The molecule has 5 nitrogen and oxygen atoms in total. The molecule has 0 unspecified atom stereocenters. The number of benzene rings is 2. The fraction of sp³-hybridized carbons (Fsp3) is 0.222. The van der Waals surface area contributed by atoms with Crippen molar-refractivity contribution in [3.8, 4) is 5.75 Å². The van der Waals surface area contributed by atoms with E-state index in [1.807, 2.05) is 0 Å². The van der Waals surface area contributed by atoms with Gasteiger partial charge in [-0.05, 0) is 56.3 Å². The van der Waals surface area contributed by atoms with Gasteiger partial charge >= 0.3 is 0 Å². The van der Waals surface area contributed by atoms with Crippen molar-refractivity contribution in [2.45, 2.75) is 26.4 Å². The Morgan fingerprint density at radius 1 is 1.00 bits per heavy atom. The lowest BCUT2D eigenvalue weighted by Gasteiger charge is -2.25. The molecule has 0 atom stereocenters. The van der Waals surface area contributed by atoms with Gasteiger partial charge in [0.05, 0.1) is 0 Å². The molecule has 6 heteroatoms. The first-order valence-electron chi connectivity index (χ1n) is 7.40. The average Bonchev–Trinajstić information content (AvgIpc) is 2.49. The van der Waals surface area contributed by atoms with Crippen LogP contribution in [0.25, 0.3) is 0 Å². The van der Waals surface area contributed by atoms with Gasteiger partial charge in [0, 0.05) is 18.3 Å². The summed E-state index contributed by atoms with van der Waals surface area (Å²) in [5, 5.41) is 5.38. The number of ether oxygens (including phenoxy) is 1. The Hall–Kier alpha value is -2.89. The second-order valence-electron chi connectivity index (χ2n) is 5.78. The van der Waals surface area contributed by atoms with Crippen molar-refractivity contribution in [2.75, 3.05) is 10.6 Å². The molecule has 2 aromatic carbocycles. The van der Waals surface area contributed by atoms with Crippen molar-refractivity contribution >= 4 is 23.2 Å². The quantitative estimate of drug-likeness (QED) is 0.880. The zero-order chi connectivity index (χ0) is 17.7.